The molecule has 266 valence electrons. The van der Waals surface area contributed by atoms with Gasteiger partial charge >= 0.3 is 0 Å². The topological polar surface area (TPSA) is 0 Å². The molecule has 0 atom stereocenters. The first-order valence-corrected chi connectivity index (χ1v) is 25.5. The normalized spacial score (nSPS) is 13.0. The van der Waals surface area contributed by atoms with Gasteiger partial charge in [-0.3, -0.25) is 0 Å². The molecule has 0 bridgehead atoms. The van der Waals surface area contributed by atoms with Crippen LogP contribution in [0.3, 0.4) is 0 Å². The van der Waals surface area contributed by atoms with E-state index in [2.05, 4.69) is 179 Å². The highest BCUT2D eigenvalue weighted by Crippen LogP contribution is 2.45. The maximum absolute atomic E-state index is 3.94. The van der Waals surface area contributed by atoms with E-state index in [0.717, 1.165) is 11.1 Å². The van der Waals surface area contributed by atoms with Crippen molar-refractivity contribution in [2.45, 2.75) is 116 Å². The van der Waals surface area contributed by atoms with Gasteiger partial charge in [0.05, 0.1) is 0 Å². The predicted octanol–water partition coefficient (Wildman–Crippen LogP) is 15.9. The van der Waals surface area contributed by atoms with Crippen LogP contribution in [0, 0.1) is 22.9 Å². The molecular weight excluding hydrogens is 697 g/mol. The Hall–Kier alpha value is -3.39. The van der Waals surface area contributed by atoms with Crippen molar-refractivity contribution < 1.29 is 0 Å². The zero-order valence-corrected chi connectivity index (χ0v) is 36.8. The van der Waals surface area contributed by atoms with Gasteiger partial charge in [0.1, 0.15) is 16.1 Å². The van der Waals surface area contributed by atoms with Crippen molar-refractivity contribution in [3.63, 3.8) is 0 Å². The first kappa shape index (κ1) is 37.0. The van der Waals surface area contributed by atoms with Gasteiger partial charge in [-0.15, -0.1) is 33.8 Å². The van der Waals surface area contributed by atoms with E-state index in [1.807, 2.05) is 22.7 Å². The highest BCUT2D eigenvalue weighted by Gasteiger charge is 2.42. The molecule has 2 aromatic heterocycles. The third-order valence-corrected chi connectivity index (χ3v) is 27.6. The van der Waals surface area contributed by atoms with Crippen LogP contribution < -0.4 is 0 Å². The molecular formula is C48H54S2Si2. The predicted molar refractivity (Wildman–Crippen MR) is 243 cm³/mol. The fourth-order valence-electron chi connectivity index (χ4n) is 10.00. The van der Waals surface area contributed by atoms with Crippen LogP contribution in [0.5, 0.6) is 0 Å². The van der Waals surface area contributed by atoms with Crippen molar-refractivity contribution in [2.75, 3.05) is 0 Å². The summed E-state index contributed by atoms with van der Waals surface area (Å²) in [5.74, 6) is 7.41. The Kier molecular flexibility index (Phi) is 9.80. The largest absolute Gasteiger partial charge is 0.146 e. The molecule has 0 spiro atoms. The lowest BCUT2D eigenvalue weighted by molar-refractivity contribution is 0.838. The Morgan fingerprint density at radius 1 is 0.385 bits per heavy atom. The molecule has 0 aliphatic rings. The molecule has 7 rings (SSSR count). The SMILES string of the molecule is CC(C)[Si](C#Cc1ccc2sc3c4cc5ccc6c7cc(C#C[Si](C(C)C)(C(C)C)C(C)C)ccc7sc6c5cc4ccc3c2c1)(C(C)C)C(C)C. The Balaban J connectivity index is 1.32. The average Bonchev–Trinajstić information content (AvgIpc) is 3.65. The summed E-state index contributed by atoms with van der Waals surface area (Å²) in [6.45, 7) is 28.7. The van der Waals surface area contributed by atoms with Gasteiger partial charge in [0.25, 0.3) is 0 Å². The van der Waals surface area contributed by atoms with E-state index in [-0.39, 0.29) is 0 Å². The van der Waals surface area contributed by atoms with E-state index >= 15 is 0 Å². The molecule has 5 aromatic carbocycles. The summed E-state index contributed by atoms with van der Waals surface area (Å²) in [5.41, 5.74) is 13.9. The lowest BCUT2D eigenvalue weighted by atomic mass is 9.99. The molecule has 0 aliphatic carbocycles. The van der Waals surface area contributed by atoms with Gasteiger partial charge in [0.2, 0.25) is 0 Å². The first-order valence-electron chi connectivity index (χ1n) is 19.4. The van der Waals surface area contributed by atoms with E-state index in [4.69, 9.17) is 0 Å². The fourth-order valence-corrected chi connectivity index (χ4v) is 22.9. The van der Waals surface area contributed by atoms with Crippen molar-refractivity contribution in [1.82, 2.24) is 0 Å². The monoisotopic (exact) mass is 750 g/mol. The molecule has 0 radical (unpaired) electrons. The molecule has 0 amide bonds. The van der Waals surface area contributed by atoms with Crippen LogP contribution in [0.2, 0.25) is 33.2 Å². The van der Waals surface area contributed by atoms with Crippen LogP contribution in [0.25, 0.3) is 61.9 Å². The van der Waals surface area contributed by atoms with Gasteiger partial charge in [-0.1, -0.05) is 119 Å². The summed E-state index contributed by atoms with van der Waals surface area (Å²) in [5, 5.41) is 10.6. The second-order valence-corrected chi connectivity index (χ2v) is 30.4. The van der Waals surface area contributed by atoms with Crippen LogP contribution in [0.4, 0.5) is 0 Å². The number of rotatable bonds is 6. The third-order valence-electron chi connectivity index (χ3n) is 12.6. The number of fused-ring (bicyclic) bond motifs is 10. The standard InChI is InChI=1S/C48H54S2Si2/c1-29(2)51(30(3)4,31(5)6)23-21-35-13-19-45-43(25-35)39-17-15-37-28-42-38(27-41(37)47(39)49-45)16-18-40-44-26-36(14-20-46(44)50-48(40)42)22-24-52(32(7)8,33(9)10)34(11)12/h13-20,25-34H,1-12H3. The zero-order chi connectivity index (χ0) is 37.3. The summed E-state index contributed by atoms with van der Waals surface area (Å²) in [6, 6.07) is 28.0. The molecule has 0 saturated heterocycles. The van der Waals surface area contributed by atoms with Crippen molar-refractivity contribution in [3.8, 4) is 22.9 Å². The fraction of sp³-hybridized carbons (Fsp3) is 0.375. The molecule has 52 heavy (non-hydrogen) atoms. The summed E-state index contributed by atoms with van der Waals surface area (Å²) < 4.78 is 5.42. The third kappa shape index (κ3) is 5.86. The zero-order valence-electron chi connectivity index (χ0n) is 33.2. The molecule has 0 N–H and O–H groups in total. The van der Waals surface area contributed by atoms with Crippen molar-refractivity contribution in [1.29, 1.82) is 0 Å². The van der Waals surface area contributed by atoms with Crippen LogP contribution in [0.15, 0.2) is 72.8 Å². The van der Waals surface area contributed by atoms with E-state index in [1.54, 1.807) is 0 Å². The maximum Gasteiger partial charge on any atom is 0.146 e. The maximum atomic E-state index is 3.94. The highest BCUT2D eigenvalue weighted by atomic mass is 32.1. The molecule has 4 heteroatoms. The Morgan fingerprint density at radius 2 is 0.731 bits per heavy atom. The van der Waals surface area contributed by atoms with Gasteiger partial charge in [0.15, 0.2) is 0 Å². The summed E-state index contributed by atoms with van der Waals surface area (Å²) in [4.78, 5) is 0. The Labute approximate surface area is 322 Å². The Morgan fingerprint density at radius 3 is 1.06 bits per heavy atom. The smallest absolute Gasteiger partial charge is 0.135 e. The number of hydrogen-bond acceptors (Lipinski definition) is 2. The molecule has 0 saturated carbocycles. The minimum Gasteiger partial charge on any atom is -0.135 e. The summed E-state index contributed by atoms with van der Waals surface area (Å²) >= 11 is 3.84. The van der Waals surface area contributed by atoms with Crippen LogP contribution in [-0.4, -0.2) is 16.1 Å². The number of benzene rings is 5. The average molecular weight is 751 g/mol. The van der Waals surface area contributed by atoms with Crippen molar-refractivity contribution in [3.05, 3.63) is 83.9 Å². The number of thiophene rings is 2. The molecule has 7 aromatic rings. The molecule has 0 fully saturated rings. The van der Waals surface area contributed by atoms with Gasteiger partial charge in [-0.25, -0.2) is 0 Å². The van der Waals surface area contributed by atoms with Gasteiger partial charge in [-0.05, 0) is 92.6 Å². The van der Waals surface area contributed by atoms with Crippen LogP contribution >= 0.6 is 22.7 Å². The van der Waals surface area contributed by atoms with E-state index in [0.29, 0.717) is 33.2 Å². The van der Waals surface area contributed by atoms with Crippen LogP contribution in [-0.2, 0) is 0 Å². The molecule has 0 unspecified atom stereocenters. The van der Waals surface area contributed by atoms with Gasteiger partial charge in [-0.2, -0.15) is 0 Å². The molecule has 2 heterocycles. The lowest BCUT2D eigenvalue weighted by Gasteiger charge is -2.38. The lowest BCUT2D eigenvalue weighted by Crippen LogP contribution is -2.43. The van der Waals surface area contributed by atoms with E-state index in [1.165, 1.54) is 61.9 Å². The second kappa shape index (κ2) is 13.8. The highest BCUT2D eigenvalue weighted by molar-refractivity contribution is 7.27. The first-order chi connectivity index (χ1) is 24.7. The van der Waals surface area contributed by atoms with E-state index in [9.17, 15) is 0 Å². The quantitative estimate of drug-likeness (QED) is 0.0902. The van der Waals surface area contributed by atoms with E-state index < -0.39 is 16.1 Å². The number of hydrogen-bond donors (Lipinski definition) is 0. The second-order valence-electron chi connectivity index (χ2n) is 17.1. The van der Waals surface area contributed by atoms with Crippen molar-refractivity contribution in [2.24, 2.45) is 0 Å². The summed E-state index contributed by atoms with van der Waals surface area (Å²) in [7, 11) is -3.59. The minimum atomic E-state index is -1.80. The van der Waals surface area contributed by atoms with Crippen molar-refractivity contribution >= 4 is 101 Å². The van der Waals surface area contributed by atoms with Gasteiger partial charge < -0.3 is 0 Å². The summed E-state index contributed by atoms with van der Waals surface area (Å²) in [6.07, 6.45) is 0. The molecule has 0 nitrogen and oxygen atoms in total. The Bertz CT molecular complexity index is 2390. The minimum absolute atomic E-state index is 0.628. The van der Waals surface area contributed by atoms with Gasteiger partial charge in [0, 0.05) is 62.2 Å². The van der Waals surface area contributed by atoms with Crippen LogP contribution in [0.1, 0.15) is 94.2 Å². The molecule has 0 aliphatic heterocycles.